The molecule has 84 valence electrons. The molecule has 1 rings (SSSR count). The van der Waals surface area contributed by atoms with Crippen LogP contribution in [0.5, 0.6) is 11.5 Å². The molecule has 0 aromatic heterocycles. The molecule has 7 heteroatoms. The zero-order valence-corrected chi connectivity index (χ0v) is 8.66. The summed E-state index contributed by atoms with van der Waals surface area (Å²) in [5.74, 6) is -0.816. The van der Waals surface area contributed by atoms with Crippen LogP contribution in [0.15, 0.2) is 12.1 Å². The summed E-state index contributed by atoms with van der Waals surface area (Å²) in [5.41, 5.74) is 0. The van der Waals surface area contributed by atoms with E-state index in [1.165, 1.54) is 12.1 Å². The maximum atomic E-state index is 12.0. The number of hydrogen-bond donors (Lipinski definition) is 0. The second kappa shape index (κ2) is 5.32. The summed E-state index contributed by atoms with van der Waals surface area (Å²) in [7, 11) is 0. The van der Waals surface area contributed by atoms with Crippen molar-refractivity contribution in [1.29, 1.82) is 0 Å². The van der Waals surface area contributed by atoms with Gasteiger partial charge in [-0.2, -0.15) is 8.78 Å². The predicted molar refractivity (Wildman–Crippen MR) is 49.7 cm³/mol. The van der Waals surface area contributed by atoms with E-state index in [1.54, 1.807) is 0 Å². The predicted octanol–water partition coefficient (Wildman–Crippen LogP) is 3.90. The molecule has 0 spiro atoms. The smallest absolute Gasteiger partial charge is 0.387 e. The van der Waals surface area contributed by atoms with Gasteiger partial charge in [-0.05, 0) is 12.1 Å². The van der Waals surface area contributed by atoms with Crippen molar-refractivity contribution in [2.45, 2.75) is 6.61 Å². The van der Waals surface area contributed by atoms with Gasteiger partial charge in [0.2, 0.25) is 6.86 Å². The Balaban J connectivity index is 3.12. The minimum absolute atomic E-state index is 0.0623. The molecule has 0 atom stereocenters. The van der Waals surface area contributed by atoms with Gasteiger partial charge in [-0.15, -0.1) is 0 Å². The summed E-state index contributed by atoms with van der Waals surface area (Å²) in [6.07, 6.45) is 0. The highest BCUT2D eigenvalue weighted by Crippen LogP contribution is 2.41. The van der Waals surface area contributed by atoms with E-state index in [9.17, 15) is 13.2 Å². The van der Waals surface area contributed by atoms with Crippen LogP contribution in [-0.2, 0) is 0 Å². The first-order chi connectivity index (χ1) is 7.06. The Morgan fingerprint density at radius 1 is 1.13 bits per heavy atom. The van der Waals surface area contributed by atoms with Crippen LogP contribution < -0.4 is 9.47 Å². The average molecular weight is 261 g/mol. The molecule has 0 radical (unpaired) electrons. The molecule has 0 aliphatic rings. The maximum absolute atomic E-state index is 12.0. The molecule has 0 amide bonds. The van der Waals surface area contributed by atoms with Gasteiger partial charge < -0.3 is 9.47 Å². The summed E-state index contributed by atoms with van der Waals surface area (Å²) in [5, 5.41) is -0.198. The number of halogens is 5. The largest absolute Gasteiger partial charge is 0.457 e. The van der Waals surface area contributed by atoms with Gasteiger partial charge in [0.1, 0.15) is 0 Å². The van der Waals surface area contributed by atoms with Gasteiger partial charge >= 0.3 is 6.61 Å². The number of rotatable bonds is 4. The molecule has 0 aliphatic heterocycles. The third-order valence-corrected chi connectivity index (χ3v) is 2.02. The molecule has 0 saturated carbocycles. The van der Waals surface area contributed by atoms with E-state index < -0.39 is 19.2 Å². The van der Waals surface area contributed by atoms with Gasteiger partial charge in [-0.1, -0.05) is 23.2 Å². The summed E-state index contributed by atoms with van der Waals surface area (Å²) in [6.45, 7) is -4.32. The van der Waals surface area contributed by atoms with E-state index in [-0.39, 0.29) is 15.8 Å². The Hall–Kier alpha value is -0.810. The van der Waals surface area contributed by atoms with Crippen molar-refractivity contribution < 1.29 is 22.6 Å². The molecule has 0 heterocycles. The lowest BCUT2D eigenvalue weighted by Gasteiger charge is -2.12. The molecule has 0 bridgehead atoms. The Bertz CT molecular complexity index is 347. The van der Waals surface area contributed by atoms with E-state index in [1.807, 2.05) is 0 Å². The molecule has 0 aliphatic carbocycles. The molecule has 1 aromatic rings. The van der Waals surface area contributed by atoms with Crippen LogP contribution >= 0.6 is 23.2 Å². The van der Waals surface area contributed by atoms with Crippen molar-refractivity contribution in [1.82, 2.24) is 0 Å². The lowest BCUT2D eigenvalue weighted by atomic mass is 10.3. The number of ether oxygens (including phenoxy) is 2. The van der Waals surface area contributed by atoms with Gasteiger partial charge in [0, 0.05) is 0 Å². The molecule has 0 unspecified atom stereocenters. The fraction of sp³-hybridized carbons (Fsp3) is 0.250. The standard InChI is InChI=1S/C8H5Cl2F3O2/c9-4-1-2-5(10)7(15-8(12)13)6(4)14-3-11/h1-2,8H,3H2. The topological polar surface area (TPSA) is 18.5 Å². The lowest BCUT2D eigenvalue weighted by Crippen LogP contribution is -2.05. The third kappa shape index (κ3) is 3.07. The molecular weight excluding hydrogens is 256 g/mol. The summed E-state index contributed by atoms with van der Waals surface area (Å²) in [4.78, 5) is 0. The highest BCUT2D eigenvalue weighted by Gasteiger charge is 2.18. The van der Waals surface area contributed by atoms with E-state index in [4.69, 9.17) is 23.2 Å². The minimum Gasteiger partial charge on any atom is -0.457 e. The molecule has 0 saturated heterocycles. The van der Waals surface area contributed by atoms with Crippen molar-refractivity contribution in [2.75, 3.05) is 6.86 Å². The maximum Gasteiger partial charge on any atom is 0.387 e. The van der Waals surface area contributed by atoms with Gasteiger partial charge in [0.05, 0.1) is 10.0 Å². The van der Waals surface area contributed by atoms with Crippen molar-refractivity contribution in [3.63, 3.8) is 0 Å². The second-order valence-corrected chi connectivity index (χ2v) is 3.13. The van der Waals surface area contributed by atoms with Crippen molar-refractivity contribution in [3.05, 3.63) is 22.2 Å². The first-order valence-electron chi connectivity index (χ1n) is 3.67. The van der Waals surface area contributed by atoms with Crippen LogP contribution in [0.1, 0.15) is 0 Å². The average Bonchev–Trinajstić information content (AvgIpc) is 2.17. The first kappa shape index (κ1) is 12.3. The van der Waals surface area contributed by atoms with Crippen molar-refractivity contribution >= 4 is 23.2 Å². The molecule has 0 fully saturated rings. The van der Waals surface area contributed by atoms with E-state index >= 15 is 0 Å². The van der Waals surface area contributed by atoms with Gasteiger partial charge in [-0.3, -0.25) is 0 Å². The normalized spacial score (nSPS) is 10.5. The van der Waals surface area contributed by atoms with E-state index in [0.29, 0.717) is 0 Å². The molecule has 2 nitrogen and oxygen atoms in total. The third-order valence-electron chi connectivity index (χ3n) is 1.42. The van der Waals surface area contributed by atoms with Gasteiger partial charge in [0.15, 0.2) is 11.5 Å². The van der Waals surface area contributed by atoms with Crippen molar-refractivity contribution in [3.8, 4) is 11.5 Å². The summed E-state index contributed by atoms with van der Waals surface area (Å²) < 4.78 is 44.4. The zero-order chi connectivity index (χ0) is 11.4. The van der Waals surface area contributed by atoms with Crippen LogP contribution in [0.25, 0.3) is 0 Å². The molecule has 1 aromatic carbocycles. The van der Waals surface area contributed by atoms with E-state index in [0.717, 1.165) is 0 Å². The zero-order valence-electron chi connectivity index (χ0n) is 7.15. The van der Waals surface area contributed by atoms with Crippen LogP contribution in [0, 0.1) is 0 Å². The Morgan fingerprint density at radius 2 is 1.67 bits per heavy atom. The number of hydrogen-bond acceptors (Lipinski definition) is 2. The first-order valence-corrected chi connectivity index (χ1v) is 4.43. The van der Waals surface area contributed by atoms with Crippen LogP contribution in [0.2, 0.25) is 10.0 Å². The second-order valence-electron chi connectivity index (χ2n) is 2.32. The van der Waals surface area contributed by atoms with Crippen LogP contribution in [-0.4, -0.2) is 13.5 Å². The number of alkyl halides is 3. The SMILES string of the molecule is FCOc1c(Cl)ccc(Cl)c1OC(F)F. The van der Waals surface area contributed by atoms with Crippen LogP contribution in [0.4, 0.5) is 13.2 Å². The lowest BCUT2D eigenvalue weighted by molar-refractivity contribution is -0.0519. The van der Waals surface area contributed by atoms with Gasteiger partial charge in [0.25, 0.3) is 0 Å². The fourth-order valence-electron chi connectivity index (χ4n) is 0.903. The fourth-order valence-corrected chi connectivity index (χ4v) is 1.30. The highest BCUT2D eigenvalue weighted by atomic mass is 35.5. The number of benzene rings is 1. The van der Waals surface area contributed by atoms with Crippen molar-refractivity contribution in [2.24, 2.45) is 0 Å². The quantitative estimate of drug-likeness (QED) is 0.818. The van der Waals surface area contributed by atoms with Gasteiger partial charge in [-0.25, -0.2) is 4.39 Å². The summed E-state index contributed by atoms with van der Waals surface area (Å²) >= 11 is 11.2. The molecule has 0 N–H and O–H groups in total. The Morgan fingerprint density at radius 3 is 2.13 bits per heavy atom. The molecular formula is C8H5Cl2F3O2. The Labute approximate surface area is 93.5 Å². The van der Waals surface area contributed by atoms with Crippen LogP contribution in [0.3, 0.4) is 0 Å². The minimum atomic E-state index is -3.09. The highest BCUT2D eigenvalue weighted by molar-refractivity contribution is 6.35. The van der Waals surface area contributed by atoms with E-state index in [2.05, 4.69) is 9.47 Å². The monoisotopic (exact) mass is 260 g/mol. The summed E-state index contributed by atoms with van der Waals surface area (Å²) in [6, 6.07) is 2.53. The molecule has 15 heavy (non-hydrogen) atoms. The Kier molecular flexibility index (Phi) is 4.35.